The van der Waals surface area contributed by atoms with Crippen LogP contribution in [-0.2, 0) is 6.54 Å². The molecule has 0 fully saturated rings. The monoisotopic (exact) mass is 471 g/mol. The number of hydrogen-bond donors (Lipinski definition) is 1. The Bertz CT molecular complexity index is 1210. The number of nitrogens with one attached hydrogen (secondary N) is 1. The number of likely N-dealkylation sites (N-methyl/N-ethyl adjacent to an activating group) is 1. The highest BCUT2D eigenvalue weighted by molar-refractivity contribution is 6.35. The van der Waals surface area contributed by atoms with E-state index in [9.17, 15) is 9.59 Å². The Morgan fingerprint density at radius 2 is 1.81 bits per heavy atom. The van der Waals surface area contributed by atoms with Crippen molar-refractivity contribution in [3.63, 3.8) is 0 Å². The normalized spacial score (nSPS) is 16.4. The molecular formula is C25H27Cl2N3O2. The maximum Gasteiger partial charge on any atom is 0.253 e. The van der Waals surface area contributed by atoms with Crippen LogP contribution in [0.5, 0.6) is 0 Å². The molecule has 7 heteroatoms. The van der Waals surface area contributed by atoms with Crippen molar-refractivity contribution in [3.05, 3.63) is 83.6 Å². The lowest BCUT2D eigenvalue weighted by Crippen LogP contribution is -2.41. The van der Waals surface area contributed by atoms with Crippen molar-refractivity contribution in [3.8, 4) is 0 Å². The molecule has 1 atom stereocenters. The number of halogens is 2. The van der Waals surface area contributed by atoms with Crippen molar-refractivity contribution in [2.24, 2.45) is 5.92 Å². The van der Waals surface area contributed by atoms with E-state index in [0.29, 0.717) is 33.9 Å². The van der Waals surface area contributed by atoms with Crippen LogP contribution in [0.15, 0.2) is 46.0 Å². The van der Waals surface area contributed by atoms with Gasteiger partial charge in [-0.05, 0) is 53.9 Å². The summed E-state index contributed by atoms with van der Waals surface area (Å²) in [6.45, 7) is 6.51. The summed E-state index contributed by atoms with van der Waals surface area (Å²) in [7, 11) is 3.93. The van der Waals surface area contributed by atoms with E-state index in [1.165, 1.54) is 0 Å². The first-order valence-corrected chi connectivity index (χ1v) is 11.5. The minimum atomic E-state index is -0.466. The van der Waals surface area contributed by atoms with Gasteiger partial charge in [0.25, 0.3) is 10.9 Å². The third-order valence-corrected chi connectivity index (χ3v) is 6.54. The van der Waals surface area contributed by atoms with Crippen molar-refractivity contribution in [1.29, 1.82) is 0 Å². The first-order chi connectivity index (χ1) is 15.2. The van der Waals surface area contributed by atoms with Gasteiger partial charge in [0.1, 0.15) is 11.4 Å². The van der Waals surface area contributed by atoms with Crippen molar-refractivity contribution in [1.82, 2.24) is 4.90 Å². The van der Waals surface area contributed by atoms with E-state index in [2.05, 4.69) is 31.1 Å². The number of benzene rings is 2. The first-order valence-electron chi connectivity index (χ1n) is 10.7. The zero-order chi connectivity index (χ0) is 23.2. The SMILES string of the molecule is CC(C)CN(C)c1c(Nc2ccc(C3CN(C)Cc4c(Cl)cc(Cl)cc43)cc2)c(=O)c1=O. The van der Waals surface area contributed by atoms with Crippen LogP contribution in [0.3, 0.4) is 0 Å². The van der Waals surface area contributed by atoms with Gasteiger partial charge in [0.15, 0.2) is 0 Å². The second kappa shape index (κ2) is 8.89. The second-order valence-corrected chi connectivity index (χ2v) is 9.95. The summed E-state index contributed by atoms with van der Waals surface area (Å²) >= 11 is 12.8. The predicted octanol–water partition coefficient (Wildman–Crippen LogP) is 5.00. The fourth-order valence-electron chi connectivity index (χ4n) is 4.57. The highest BCUT2D eigenvalue weighted by atomic mass is 35.5. The van der Waals surface area contributed by atoms with Gasteiger partial charge in [0, 0.05) is 48.3 Å². The molecule has 0 aromatic heterocycles. The molecule has 0 amide bonds. The topological polar surface area (TPSA) is 52.6 Å². The molecule has 3 aromatic rings. The maximum absolute atomic E-state index is 12.2. The summed E-state index contributed by atoms with van der Waals surface area (Å²) in [5.74, 6) is 0.530. The Kier molecular flexibility index (Phi) is 6.35. The molecule has 0 radical (unpaired) electrons. The van der Waals surface area contributed by atoms with Crippen LogP contribution in [0.2, 0.25) is 10.0 Å². The van der Waals surface area contributed by atoms with Crippen LogP contribution in [0, 0.1) is 5.92 Å². The summed E-state index contributed by atoms with van der Waals surface area (Å²) in [5.41, 5.74) is 4.11. The predicted molar refractivity (Wildman–Crippen MR) is 134 cm³/mol. The molecule has 1 aliphatic heterocycles. The van der Waals surface area contributed by atoms with Crippen LogP contribution >= 0.6 is 23.2 Å². The van der Waals surface area contributed by atoms with E-state index in [-0.39, 0.29) is 5.92 Å². The quantitative estimate of drug-likeness (QED) is 0.512. The van der Waals surface area contributed by atoms with E-state index in [4.69, 9.17) is 23.2 Å². The Balaban J connectivity index is 1.59. The molecule has 168 valence electrons. The van der Waals surface area contributed by atoms with Crippen molar-refractivity contribution >= 4 is 40.3 Å². The molecule has 1 unspecified atom stereocenters. The Morgan fingerprint density at radius 3 is 2.47 bits per heavy atom. The van der Waals surface area contributed by atoms with Gasteiger partial charge in [-0.25, -0.2) is 0 Å². The van der Waals surface area contributed by atoms with E-state index in [1.54, 1.807) is 6.07 Å². The van der Waals surface area contributed by atoms with E-state index in [0.717, 1.165) is 35.5 Å². The molecule has 1 heterocycles. The lowest BCUT2D eigenvalue weighted by molar-refractivity contribution is 0.295. The minimum Gasteiger partial charge on any atom is -0.369 e. The molecule has 0 spiro atoms. The second-order valence-electron chi connectivity index (χ2n) is 9.11. The van der Waals surface area contributed by atoms with Gasteiger partial charge >= 0.3 is 0 Å². The Hall–Kier alpha value is -2.34. The van der Waals surface area contributed by atoms with E-state index >= 15 is 0 Å². The lowest BCUT2D eigenvalue weighted by Gasteiger charge is -2.33. The van der Waals surface area contributed by atoms with Gasteiger partial charge in [0.2, 0.25) is 0 Å². The van der Waals surface area contributed by atoms with Crippen molar-refractivity contribution in [2.45, 2.75) is 26.3 Å². The summed E-state index contributed by atoms with van der Waals surface area (Å²) in [4.78, 5) is 28.4. The molecule has 5 nitrogen and oxygen atoms in total. The molecule has 0 aliphatic carbocycles. The number of fused-ring (bicyclic) bond motifs is 1. The molecule has 1 N–H and O–H groups in total. The van der Waals surface area contributed by atoms with Gasteiger partial charge in [-0.1, -0.05) is 49.2 Å². The van der Waals surface area contributed by atoms with Gasteiger partial charge in [-0.3, -0.25) is 9.59 Å². The van der Waals surface area contributed by atoms with E-state index < -0.39 is 10.9 Å². The van der Waals surface area contributed by atoms with Crippen molar-refractivity contribution in [2.75, 3.05) is 37.4 Å². The fraction of sp³-hybridized carbons (Fsp3) is 0.360. The highest BCUT2D eigenvalue weighted by Crippen LogP contribution is 2.38. The molecule has 0 saturated carbocycles. The fourth-order valence-corrected chi connectivity index (χ4v) is 5.14. The molecule has 4 rings (SSSR count). The van der Waals surface area contributed by atoms with Crippen LogP contribution in [-0.4, -0.2) is 32.1 Å². The summed E-state index contributed by atoms with van der Waals surface area (Å²) < 4.78 is 0. The number of rotatable bonds is 6. The first kappa shape index (κ1) is 22.8. The average Bonchev–Trinajstić information content (AvgIpc) is 2.73. The standard InChI is InChI=1S/C25H27Cl2N3O2/c1-14(2)11-30(4)23-22(24(31)25(23)32)28-17-7-5-15(6-8-17)19-12-29(3)13-20-18(19)9-16(26)10-21(20)27/h5-10,14,19,28H,11-13H2,1-4H3. The lowest BCUT2D eigenvalue weighted by atomic mass is 9.84. The zero-order valence-corrected chi connectivity index (χ0v) is 20.2. The summed E-state index contributed by atoms with van der Waals surface area (Å²) in [6, 6.07) is 11.8. The molecule has 0 saturated heterocycles. The van der Waals surface area contributed by atoms with Crippen molar-refractivity contribution < 1.29 is 0 Å². The van der Waals surface area contributed by atoms with Crippen LogP contribution in [0.1, 0.15) is 36.5 Å². The van der Waals surface area contributed by atoms with Gasteiger partial charge < -0.3 is 15.1 Å². The smallest absolute Gasteiger partial charge is 0.253 e. The third-order valence-electron chi connectivity index (χ3n) is 5.98. The van der Waals surface area contributed by atoms with Crippen LogP contribution in [0.4, 0.5) is 17.1 Å². The zero-order valence-electron chi connectivity index (χ0n) is 18.7. The number of anilines is 3. The average molecular weight is 472 g/mol. The minimum absolute atomic E-state index is 0.146. The Morgan fingerprint density at radius 1 is 1.12 bits per heavy atom. The largest absolute Gasteiger partial charge is 0.369 e. The summed E-state index contributed by atoms with van der Waals surface area (Å²) in [6.07, 6.45) is 0. The number of nitrogens with zero attached hydrogens (tertiary/aromatic N) is 2. The van der Waals surface area contributed by atoms with Gasteiger partial charge in [-0.15, -0.1) is 0 Å². The van der Waals surface area contributed by atoms with Crippen LogP contribution in [0.25, 0.3) is 0 Å². The molecule has 1 aliphatic rings. The Labute approximate surface area is 198 Å². The third kappa shape index (κ3) is 4.29. The van der Waals surface area contributed by atoms with E-state index in [1.807, 2.05) is 42.3 Å². The number of hydrogen-bond acceptors (Lipinski definition) is 5. The van der Waals surface area contributed by atoms with Crippen LogP contribution < -0.4 is 21.1 Å². The van der Waals surface area contributed by atoms with Gasteiger partial charge in [-0.2, -0.15) is 0 Å². The molecule has 0 bridgehead atoms. The highest BCUT2D eigenvalue weighted by Gasteiger charge is 2.28. The maximum atomic E-state index is 12.2. The molecule has 32 heavy (non-hydrogen) atoms. The molecule has 3 aromatic carbocycles. The molecular weight excluding hydrogens is 445 g/mol. The van der Waals surface area contributed by atoms with Gasteiger partial charge in [0.05, 0.1) is 0 Å². The summed E-state index contributed by atoms with van der Waals surface area (Å²) in [5, 5.41) is 4.49.